The third kappa shape index (κ3) is 3.54. The summed E-state index contributed by atoms with van der Waals surface area (Å²) in [5, 5.41) is 2.49. The second kappa shape index (κ2) is 6.33. The molecule has 0 aliphatic rings. The Morgan fingerprint density at radius 3 is 2.63 bits per heavy atom. The molecule has 1 amide bonds. The molecule has 0 saturated heterocycles. The van der Waals surface area contributed by atoms with Crippen molar-refractivity contribution < 1.29 is 4.79 Å². The van der Waals surface area contributed by atoms with Crippen LogP contribution in [0.3, 0.4) is 0 Å². The first-order valence-electron chi connectivity index (χ1n) is 5.89. The van der Waals surface area contributed by atoms with E-state index in [0.29, 0.717) is 5.95 Å². The molecule has 1 N–H and O–H groups in total. The highest BCUT2D eigenvalue weighted by Gasteiger charge is 2.19. The first-order valence-corrected chi connectivity index (χ1v) is 7.18. The fourth-order valence-electron chi connectivity index (χ4n) is 1.71. The zero-order valence-electron chi connectivity index (χ0n) is 10.8. The minimum atomic E-state index is -0.259. The van der Waals surface area contributed by atoms with E-state index in [0.717, 1.165) is 11.3 Å². The molecule has 1 heterocycles. The van der Waals surface area contributed by atoms with Crippen LogP contribution in [-0.4, -0.2) is 22.1 Å². The van der Waals surface area contributed by atoms with Crippen LogP contribution in [0.1, 0.15) is 16.5 Å². The van der Waals surface area contributed by atoms with Gasteiger partial charge in [0.25, 0.3) is 0 Å². The number of hydrogen-bond acceptors (Lipinski definition) is 4. The molecule has 1 aromatic carbocycles. The summed E-state index contributed by atoms with van der Waals surface area (Å²) in [4.78, 5) is 20.5. The fourth-order valence-corrected chi connectivity index (χ4v) is 2.41. The number of nitrogens with zero attached hydrogens (tertiary/aromatic N) is 2. The maximum Gasteiger partial charge on any atom is 0.244 e. The number of rotatable bonds is 4. The van der Waals surface area contributed by atoms with Crippen LogP contribution in [0.15, 0.2) is 42.6 Å². The van der Waals surface area contributed by atoms with Crippen LogP contribution in [0, 0.1) is 6.92 Å². The highest BCUT2D eigenvalue weighted by atomic mass is 32.2. The molecule has 1 aromatic heterocycles. The van der Waals surface area contributed by atoms with Gasteiger partial charge in [0, 0.05) is 11.9 Å². The van der Waals surface area contributed by atoms with E-state index in [1.165, 1.54) is 11.8 Å². The van der Waals surface area contributed by atoms with Gasteiger partial charge in [-0.15, -0.1) is 11.8 Å². The number of nitrogens with one attached hydrogen (secondary N) is 1. The zero-order chi connectivity index (χ0) is 13.7. The van der Waals surface area contributed by atoms with Crippen LogP contribution in [0.25, 0.3) is 0 Å². The smallest absolute Gasteiger partial charge is 0.244 e. The molecule has 19 heavy (non-hydrogen) atoms. The zero-order valence-corrected chi connectivity index (χ0v) is 11.6. The van der Waals surface area contributed by atoms with E-state index in [2.05, 4.69) is 15.3 Å². The van der Waals surface area contributed by atoms with E-state index in [1.54, 1.807) is 12.3 Å². The molecule has 98 valence electrons. The molecule has 4 nitrogen and oxygen atoms in total. The van der Waals surface area contributed by atoms with Crippen molar-refractivity contribution >= 4 is 23.6 Å². The van der Waals surface area contributed by atoms with E-state index in [1.807, 2.05) is 43.5 Å². The third-order valence-corrected chi connectivity index (χ3v) is 3.56. The third-order valence-electron chi connectivity index (χ3n) is 2.61. The van der Waals surface area contributed by atoms with E-state index < -0.39 is 0 Å². The molecule has 2 rings (SSSR count). The normalized spacial score (nSPS) is 11.9. The number of aromatic nitrogens is 2. The number of aryl methyl sites for hydroxylation is 1. The van der Waals surface area contributed by atoms with Crippen LogP contribution < -0.4 is 5.32 Å². The van der Waals surface area contributed by atoms with E-state index in [4.69, 9.17) is 0 Å². The van der Waals surface area contributed by atoms with Gasteiger partial charge < -0.3 is 0 Å². The topological polar surface area (TPSA) is 54.9 Å². The number of carbonyl (C=O) groups is 1. The first-order chi connectivity index (χ1) is 9.20. The summed E-state index contributed by atoms with van der Waals surface area (Å²) in [6.07, 6.45) is 3.54. The van der Waals surface area contributed by atoms with Crippen LogP contribution >= 0.6 is 11.8 Å². The lowest BCUT2D eigenvalue weighted by Crippen LogP contribution is -2.20. The first kappa shape index (κ1) is 13.5. The van der Waals surface area contributed by atoms with Gasteiger partial charge >= 0.3 is 0 Å². The molecule has 5 heteroatoms. The summed E-state index contributed by atoms with van der Waals surface area (Å²) in [5.74, 6) is 0.240. The highest BCUT2D eigenvalue weighted by molar-refractivity contribution is 7.99. The Balaban J connectivity index is 2.14. The Morgan fingerprint density at radius 2 is 2.00 bits per heavy atom. The van der Waals surface area contributed by atoms with Gasteiger partial charge in [-0.25, -0.2) is 9.97 Å². The molecule has 0 fully saturated rings. The fraction of sp³-hybridized carbons (Fsp3) is 0.214. The van der Waals surface area contributed by atoms with Crippen molar-refractivity contribution in [2.45, 2.75) is 12.2 Å². The standard InChI is InChI=1S/C14H15N3OS/c1-10-8-9-15-14(16-10)17-13(18)12(19-2)11-6-4-3-5-7-11/h3-9,12H,1-2H3,(H,15,16,17,18)/t12-/m0/s1. The molecule has 1 atom stereocenters. The molecular weight excluding hydrogens is 258 g/mol. The number of hydrogen-bond donors (Lipinski definition) is 1. The second-order valence-corrected chi connectivity index (χ2v) is 4.98. The van der Waals surface area contributed by atoms with Gasteiger partial charge in [-0.05, 0) is 24.8 Å². The van der Waals surface area contributed by atoms with Crippen molar-refractivity contribution in [1.82, 2.24) is 9.97 Å². The maximum atomic E-state index is 12.2. The van der Waals surface area contributed by atoms with Crippen molar-refractivity contribution in [2.75, 3.05) is 11.6 Å². The number of benzene rings is 1. The second-order valence-electron chi connectivity index (χ2n) is 4.04. The van der Waals surface area contributed by atoms with Crippen LogP contribution in [0.2, 0.25) is 0 Å². The summed E-state index contributed by atoms with van der Waals surface area (Å²) >= 11 is 1.49. The van der Waals surface area contributed by atoms with Crippen molar-refractivity contribution in [1.29, 1.82) is 0 Å². The number of anilines is 1. The summed E-state index contributed by atoms with van der Waals surface area (Å²) in [7, 11) is 0. The molecule has 0 spiro atoms. The summed E-state index contributed by atoms with van der Waals surface area (Å²) in [5.41, 5.74) is 1.80. The van der Waals surface area contributed by atoms with Crippen LogP contribution in [0.5, 0.6) is 0 Å². The van der Waals surface area contributed by atoms with E-state index >= 15 is 0 Å². The number of carbonyl (C=O) groups excluding carboxylic acids is 1. The summed E-state index contributed by atoms with van der Waals surface area (Å²) in [6.45, 7) is 1.86. The molecule has 0 aliphatic heterocycles. The van der Waals surface area contributed by atoms with Crippen molar-refractivity contribution in [2.24, 2.45) is 0 Å². The minimum absolute atomic E-state index is 0.107. The predicted molar refractivity (Wildman–Crippen MR) is 78.1 cm³/mol. The lowest BCUT2D eigenvalue weighted by Gasteiger charge is -2.14. The van der Waals surface area contributed by atoms with Gasteiger partial charge in [0.2, 0.25) is 11.9 Å². The van der Waals surface area contributed by atoms with Gasteiger partial charge in [-0.2, -0.15) is 0 Å². The van der Waals surface area contributed by atoms with Crippen LogP contribution in [0.4, 0.5) is 5.95 Å². The Bertz CT molecular complexity index is 560. The molecule has 0 unspecified atom stereocenters. The number of amides is 1. The molecule has 0 bridgehead atoms. The van der Waals surface area contributed by atoms with Crippen molar-refractivity contribution in [3.63, 3.8) is 0 Å². The Hall–Kier alpha value is -1.88. The minimum Gasteiger partial charge on any atom is -0.293 e. The quantitative estimate of drug-likeness (QED) is 0.930. The monoisotopic (exact) mass is 273 g/mol. The van der Waals surface area contributed by atoms with Crippen LogP contribution in [-0.2, 0) is 4.79 Å². The van der Waals surface area contributed by atoms with Gasteiger partial charge in [0.1, 0.15) is 5.25 Å². The number of thioether (sulfide) groups is 1. The highest BCUT2D eigenvalue weighted by Crippen LogP contribution is 2.27. The van der Waals surface area contributed by atoms with Gasteiger partial charge in [0.15, 0.2) is 0 Å². The Kier molecular flexibility index (Phi) is 4.52. The molecular formula is C14H15N3OS. The lowest BCUT2D eigenvalue weighted by molar-refractivity contribution is -0.115. The van der Waals surface area contributed by atoms with E-state index in [-0.39, 0.29) is 11.2 Å². The molecule has 0 saturated carbocycles. The Morgan fingerprint density at radius 1 is 1.26 bits per heavy atom. The maximum absolute atomic E-state index is 12.2. The van der Waals surface area contributed by atoms with Crippen molar-refractivity contribution in [3.05, 3.63) is 53.9 Å². The predicted octanol–water partition coefficient (Wildman–Crippen LogP) is 2.83. The van der Waals surface area contributed by atoms with Gasteiger partial charge in [-0.3, -0.25) is 10.1 Å². The van der Waals surface area contributed by atoms with Gasteiger partial charge in [0.05, 0.1) is 0 Å². The Labute approximate surface area is 116 Å². The largest absolute Gasteiger partial charge is 0.293 e. The average Bonchev–Trinajstić information content (AvgIpc) is 2.41. The molecule has 0 aliphatic carbocycles. The SMILES string of the molecule is CS[C@H](C(=O)Nc1nccc(C)n1)c1ccccc1. The average molecular weight is 273 g/mol. The van der Waals surface area contributed by atoms with E-state index in [9.17, 15) is 4.79 Å². The van der Waals surface area contributed by atoms with Crippen molar-refractivity contribution in [3.8, 4) is 0 Å². The lowest BCUT2D eigenvalue weighted by atomic mass is 10.1. The van der Waals surface area contributed by atoms with Gasteiger partial charge in [-0.1, -0.05) is 30.3 Å². The summed E-state index contributed by atoms with van der Waals surface area (Å²) in [6, 6.07) is 11.5. The summed E-state index contributed by atoms with van der Waals surface area (Å²) < 4.78 is 0. The molecule has 0 radical (unpaired) electrons. The molecule has 2 aromatic rings.